The zero-order valence-electron chi connectivity index (χ0n) is 6.77. The predicted molar refractivity (Wildman–Crippen MR) is 40.2 cm³/mol. The second kappa shape index (κ2) is 5.13. The summed E-state index contributed by atoms with van der Waals surface area (Å²) in [5, 5.41) is 0. The largest absolute Gasteiger partial charge is 0.459 e. The molecule has 0 aromatic heterocycles. The van der Waals surface area contributed by atoms with Gasteiger partial charge in [-0.25, -0.2) is 4.79 Å². The van der Waals surface area contributed by atoms with Crippen molar-refractivity contribution in [1.82, 2.24) is 0 Å². The molecule has 0 aromatic rings. The Morgan fingerprint density at radius 2 is 2.36 bits per heavy atom. The molecule has 0 spiro atoms. The van der Waals surface area contributed by atoms with E-state index in [1.54, 1.807) is 0 Å². The van der Waals surface area contributed by atoms with Crippen LogP contribution in [0, 0.1) is 0 Å². The number of hydrogen-bond acceptors (Lipinski definition) is 5. The molecule has 80 valence electrons. The molecular formula is C6H6F2O5S. The van der Waals surface area contributed by atoms with Crippen LogP contribution < -0.4 is 0 Å². The van der Waals surface area contributed by atoms with E-state index < -0.39 is 36.1 Å². The first kappa shape index (κ1) is 11.2. The predicted octanol–water partition coefficient (Wildman–Crippen LogP) is 0.304. The van der Waals surface area contributed by atoms with Crippen molar-refractivity contribution in [3.8, 4) is 0 Å². The van der Waals surface area contributed by atoms with E-state index in [-0.39, 0.29) is 6.61 Å². The van der Waals surface area contributed by atoms with Gasteiger partial charge in [-0.15, -0.1) is 0 Å². The molecule has 1 heterocycles. The van der Waals surface area contributed by atoms with Crippen molar-refractivity contribution in [1.29, 1.82) is 0 Å². The minimum Gasteiger partial charge on any atom is -0.459 e. The molecule has 8 heteroatoms. The Hall–Kier alpha value is -0.860. The van der Waals surface area contributed by atoms with E-state index in [9.17, 15) is 17.8 Å². The molecule has 0 amide bonds. The van der Waals surface area contributed by atoms with Crippen LogP contribution in [0.3, 0.4) is 0 Å². The second-order valence-electron chi connectivity index (χ2n) is 2.20. The van der Waals surface area contributed by atoms with E-state index >= 15 is 0 Å². The van der Waals surface area contributed by atoms with E-state index in [1.807, 2.05) is 0 Å². The van der Waals surface area contributed by atoms with Gasteiger partial charge in [-0.2, -0.15) is 13.0 Å². The summed E-state index contributed by atoms with van der Waals surface area (Å²) >= 11 is -1.95. The lowest BCUT2D eigenvalue weighted by Gasteiger charge is -2.03. The Labute approximate surface area is 80.5 Å². The number of carbonyl (C=O) groups is 1. The minimum absolute atomic E-state index is 0.201. The zero-order chi connectivity index (χ0) is 10.6. The number of esters is 1. The Kier molecular flexibility index (Phi) is 4.11. The molecule has 5 nitrogen and oxygen atoms in total. The van der Waals surface area contributed by atoms with Crippen molar-refractivity contribution < 1.29 is 30.9 Å². The third-order valence-electron chi connectivity index (χ3n) is 1.24. The Morgan fingerprint density at radius 3 is 2.86 bits per heavy atom. The average Bonchev–Trinajstić information content (AvgIpc) is 2.51. The molecule has 1 saturated heterocycles. The van der Waals surface area contributed by atoms with Crippen LogP contribution in [0.1, 0.15) is 0 Å². The minimum atomic E-state index is -1.95. The van der Waals surface area contributed by atoms with Gasteiger partial charge >= 0.3 is 17.3 Å². The highest BCUT2D eigenvalue weighted by atomic mass is 32.2. The van der Waals surface area contributed by atoms with Gasteiger partial charge in [0, 0.05) is 6.08 Å². The SMILES string of the molecule is O=C(OCC=C(F)F)C1COS(=O)O1. The summed E-state index contributed by atoms with van der Waals surface area (Å²) in [6.07, 6.45) is -2.61. The highest BCUT2D eigenvalue weighted by Gasteiger charge is 2.31. The molecule has 0 bridgehead atoms. The van der Waals surface area contributed by atoms with Gasteiger partial charge in [-0.3, -0.25) is 8.37 Å². The smallest absolute Gasteiger partial charge is 0.339 e. The summed E-state index contributed by atoms with van der Waals surface area (Å²) in [7, 11) is 0. The normalized spacial score (nSPS) is 25.9. The van der Waals surface area contributed by atoms with Crippen LogP contribution in [0.4, 0.5) is 8.78 Å². The summed E-state index contributed by atoms with van der Waals surface area (Å²) in [5.74, 6) is -0.881. The third kappa shape index (κ3) is 3.48. The zero-order valence-corrected chi connectivity index (χ0v) is 7.59. The van der Waals surface area contributed by atoms with Crippen LogP contribution in [0.5, 0.6) is 0 Å². The molecule has 1 rings (SSSR count). The number of hydrogen-bond donors (Lipinski definition) is 0. The summed E-state index contributed by atoms with van der Waals surface area (Å²) in [4.78, 5) is 10.9. The highest BCUT2D eigenvalue weighted by molar-refractivity contribution is 7.75. The lowest BCUT2D eigenvalue weighted by Crippen LogP contribution is -2.25. The molecular weight excluding hydrogens is 222 g/mol. The molecule has 0 radical (unpaired) electrons. The van der Waals surface area contributed by atoms with Gasteiger partial charge in [-0.1, -0.05) is 0 Å². The fourth-order valence-corrected chi connectivity index (χ4v) is 1.27. The van der Waals surface area contributed by atoms with Gasteiger partial charge in [-0.05, 0) is 0 Å². The summed E-state index contributed by atoms with van der Waals surface area (Å²) < 4.78 is 46.6. The molecule has 2 unspecified atom stereocenters. The van der Waals surface area contributed by atoms with Gasteiger partial charge in [0.05, 0.1) is 0 Å². The number of halogens is 2. The van der Waals surface area contributed by atoms with Crippen LogP contribution >= 0.6 is 0 Å². The fraction of sp³-hybridized carbons (Fsp3) is 0.500. The summed E-state index contributed by atoms with van der Waals surface area (Å²) in [6, 6.07) is 0. The van der Waals surface area contributed by atoms with Crippen molar-refractivity contribution in [3.05, 3.63) is 12.2 Å². The standard InChI is InChI=1S/C6H6F2O5S/c7-5(8)1-2-11-6(9)4-3-12-14(10)13-4/h1,4H,2-3H2. The monoisotopic (exact) mass is 228 g/mol. The maximum Gasteiger partial charge on any atom is 0.339 e. The van der Waals surface area contributed by atoms with Gasteiger partial charge in [0.15, 0.2) is 6.10 Å². The summed E-state index contributed by atoms with van der Waals surface area (Å²) in [6.45, 7) is -0.749. The highest BCUT2D eigenvalue weighted by Crippen LogP contribution is 2.10. The molecule has 1 aliphatic rings. The molecule has 0 saturated carbocycles. The lowest BCUT2D eigenvalue weighted by molar-refractivity contribution is -0.149. The number of ether oxygens (including phenoxy) is 1. The van der Waals surface area contributed by atoms with Gasteiger partial charge in [0.25, 0.3) is 6.08 Å². The maximum atomic E-state index is 11.5. The average molecular weight is 228 g/mol. The molecule has 14 heavy (non-hydrogen) atoms. The topological polar surface area (TPSA) is 61.8 Å². The van der Waals surface area contributed by atoms with E-state index in [4.69, 9.17) is 0 Å². The molecule has 0 aliphatic carbocycles. The van der Waals surface area contributed by atoms with E-state index in [1.165, 1.54) is 0 Å². The van der Waals surface area contributed by atoms with Crippen LogP contribution in [-0.2, 0) is 29.3 Å². The lowest BCUT2D eigenvalue weighted by atomic mass is 10.4. The van der Waals surface area contributed by atoms with Gasteiger partial charge < -0.3 is 4.74 Å². The third-order valence-corrected chi connectivity index (χ3v) is 1.95. The first-order chi connectivity index (χ1) is 6.59. The van der Waals surface area contributed by atoms with Crippen molar-refractivity contribution >= 4 is 17.3 Å². The van der Waals surface area contributed by atoms with Crippen molar-refractivity contribution in [3.63, 3.8) is 0 Å². The Bertz CT molecular complexity index is 275. The number of carbonyl (C=O) groups excluding carboxylic acids is 1. The second-order valence-corrected chi connectivity index (χ2v) is 3.03. The van der Waals surface area contributed by atoms with Gasteiger partial charge in [0.2, 0.25) is 0 Å². The molecule has 0 N–H and O–H groups in total. The van der Waals surface area contributed by atoms with Crippen molar-refractivity contribution in [2.45, 2.75) is 6.10 Å². The van der Waals surface area contributed by atoms with E-state index in [2.05, 4.69) is 13.1 Å². The number of rotatable bonds is 3. The van der Waals surface area contributed by atoms with E-state index in [0.717, 1.165) is 0 Å². The van der Waals surface area contributed by atoms with E-state index in [0.29, 0.717) is 6.08 Å². The molecule has 1 aliphatic heterocycles. The Morgan fingerprint density at radius 1 is 1.64 bits per heavy atom. The maximum absolute atomic E-state index is 11.5. The first-order valence-corrected chi connectivity index (χ1v) is 4.49. The van der Waals surface area contributed by atoms with Crippen molar-refractivity contribution in [2.24, 2.45) is 0 Å². The molecule has 2 atom stereocenters. The van der Waals surface area contributed by atoms with Gasteiger partial charge in [0.1, 0.15) is 13.2 Å². The first-order valence-electron chi connectivity index (χ1n) is 3.49. The Balaban J connectivity index is 2.29. The molecule has 0 aromatic carbocycles. The van der Waals surface area contributed by atoms with Crippen LogP contribution in [0.25, 0.3) is 0 Å². The quantitative estimate of drug-likeness (QED) is 0.650. The molecule has 1 fully saturated rings. The van der Waals surface area contributed by atoms with Crippen LogP contribution in [0.2, 0.25) is 0 Å². The van der Waals surface area contributed by atoms with Crippen molar-refractivity contribution in [2.75, 3.05) is 13.2 Å². The fourth-order valence-electron chi connectivity index (χ4n) is 0.655. The summed E-state index contributed by atoms with van der Waals surface area (Å²) in [5.41, 5.74) is 0. The van der Waals surface area contributed by atoms with Crippen LogP contribution in [0.15, 0.2) is 12.2 Å². The van der Waals surface area contributed by atoms with Crippen LogP contribution in [-0.4, -0.2) is 29.5 Å².